The summed E-state index contributed by atoms with van der Waals surface area (Å²) in [6.45, 7) is 4.30. The number of carbonyl (C=O) groups excluding carboxylic acids is 2. The molecule has 3 aliphatic heterocycles. The lowest BCUT2D eigenvalue weighted by molar-refractivity contribution is -0.135. The topological polar surface area (TPSA) is 84.9 Å². The van der Waals surface area contributed by atoms with E-state index < -0.39 is 5.41 Å². The minimum absolute atomic E-state index is 0.122. The van der Waals surface area contributed by atoms with Crippen molar-refractivity contribution in [2.24, 2.45) is 29.1 Å². The second-order valence-electron chi connectivity index (χ2n) is 12.5. The van der Waals surface area contributed by atoms with E-state index in [1.807, 2.05) is 12.1 Å². The van der Waals surface area contributed by atoms with Crippen LogP contribution < -0.4 is 5.32 Å². The number of hydrogen-bond acceptors (Lipinski definition) is 6. The smallest absolute Gasteiger partial charge is 0.340 e. The number of ether oxygens (including phenoxy) is 2. The van der Waals surface area contributed by atoms with Gasteiger partial charge in [-0.05, 0) is 124 Å². The fourth-order valence-electron chi connectivity index (χ4n) is 8.85. The Hall–Kier alpha value is -3.12. The number of phenolic OH excluding ortho intramolecular Hbond substituents is 1. The Morgan fingerprint density at radius 3 is 2.67 bits per heavy atom. The third-order valence-corrected chi connectivity index (χ3v) is 10.5. The predicted molar refractivity (Wildman–Crippen MR) is 152 cm³/mol. The Bertz CT molecular complexity index is 1380. The molecular formula is C34H39NO5. The van der Waals surface area contributed by atoms with Crippen molar-refractivity contribution in [1.82, 2.24) is 5.32 Å². The number of unbranched alkanes of at least 4 members (excludes halogenated alkanes) is 1. The van der Waals surface area contributed by atoms with Gasteiger partial charge in [-0.15, -0.1) is 0 Å². The summed E-state index contributed by atoms with van der Waals surface area (Å²) in [6.07, 6.45) is 14.0. The van der Waals surface area contributed by atoms with Crippen molar-refractivity contribution < 1.29 is 24.2 Å². The lowest BCUT2D eigenvalue weighted by atomic mass is 9.44. The molecule has 6 heteroatoms. The van der Waals surface area contributed by atoms with Crippen LogP contribution in [0.3, 0.4) is 0 Å². The summed E-state index contributed by atoms with van der Waals surface area (Å²) in [4.78, 5) is 27.4. The van der Waals surface area contributed by atoms with Gasteiger partial charge in [-0.3, -0.25) is 0 Å². The van der Waals surface area contributed by atoms with Crippen LogP contribution >= 0.6 is 0 Å². The predicted octanol–water partition coefficient (Wildman–Crippen LogP) is 6.34. The number of esters is 2. The van der Waals surface area contributed by atoms with Gasteiger partial charge >= 0.3 is 11.9 Å². The van der Waals surface area contributed by atoms with Crippen molar-refractivity contribution in [3.8, 4) is 5.75 Å². The number of aromatic hydroxyl groups is 1. The van der Waals surface area contributed by atoms with Gasteiger partial charge in [0, 0.05) is 17.1 Å². The van der Waals surface area contributed by atoms with E-state index in [0.29, 0.717) is 5.57 Å². The average Bonchev–Trinajstić information content (AvgIpc) is 3.45. The van der Waals surface area contributed by atoms with Crippen LogP contribution in [0.2, 0.25) is 0 Å². The molecule has 0 amide bonds. The van der Waals surface area contributed by atoms with Gasteiger partial charge in [0.15, 0.2) is 0 Å². The number of nitrogens with one attached hydrogen (secondary N) is 1. The Kier molecular flexibility index (Phi) is 6.49. The number of cyclic esters (lactones) is 2. The second-order valence-corrected chi connectivity index (χ2v) is 12.5. The van der Waals surface area contributed by atoms with E-state index in [-0.39, 0.29) is 35.4 Å². The van der Waals surface area contributed by atoms with E-state index in [4.69, 9.17) is 9.47 Å². The minimum Gasteiger partial charge on any atom is -0.508 e. The maximum Gasteiger partial charge on any atom is 0.340 e. The zero-order chi connectivity index (χ0) is 27.4. The number of rotatable bonds is 6. The number of fused-ring (bicyclic) bond motifs is 1. The number of carbonyl (C=O) groups is 2. The molecule has 4 atom stereocenters. The standard InChI is InChI=1S/C34H39NO5/c1-2-3-10-27-34-16-13-23(28(31(34)33(38)40-27)21-7-5-8-22(36)19-21)24-11-12-25-26(39-32(37)29(25)30(24)34)9-4-6-20-14-17-35-18-15-20/h5,7-10,19-20,23-24,30,35-36H,2-4,6,11-18H2,1H3/t23-,24-,30-,34-/m1/s1. The van der Waals surface area contributed by atoms with Crippen molar-refractivity contribution in [3.63, 3.8) is 0 Å². The van der Waals surface area contributed by atoms with E-state index in [0.717, 1.165) is 104 Å². The monoisotopic (exact) mass is 541 g/mol. The van der Waals surface area contributed by atoms with E-state index in [2.05, 4.69) is 24.4 Å². The number of benzene rings is 1. The maximum atomic E-state index is 13.7. The third-order valence-electron chi connectivity index (χ3n) is 10.5. The molecule has 1 spiro atoms. The summed E-state index contributed by atoms with van der Waals surface area (Å²) in [6, 6.07) is 7.27. The Morgan fingerprint density at radius 1 is 1.02 bits per heavy atom. The van der Waals surface area contributed by atoms with E-state index >= 15 is 0 Å². The molecule has 0 unspecified atom stereocenters. The SMILES string of the molecule is CCCC=C1OC(=O)C2=C(c3cccc(O)c3)[C@@H]3CC[C@]12[C@H]1C2=C(CC[C@H]31)C(=CCCC1CCNCC1)OC2=O. The number of allylic oxidation sites excluding steroid dienone is 5. The Labute approximate surface area is 236 Å². The van der Waals surface area contributed by atoms with Crippen LogP contribution in [0.4, 0.5) is 0 Å². The van der Waals surface area contributed by atoms with Crippen molar-refractivity contribution in [3.05, 3.63) is 70.2 Å². The first-order valence-electron chi connectivity index (χ1n) is 15.4. The highest BCUT2D eigenvalue weighted by molar-refractivity contribution is 6.06. The van der Waals surface area contributed by atoms with Crippen LogP contribution in [0, 0.1) is 29.1 Å². The molecule has 1 aromatic rings. The molecule has 6 nitrogen and oxygen atoms in total. The molecule has 7 aliphatic rings. The second kappa shape index (κ2) is 10.1. The normalized spacial score (nSPS) is 33.4. The summed E-state index contributed by atoms with van der Waals surface area (Å²) in [5, 5.41) is 13.8. The zero-order valence-corrected chi connectivity index (χ0v) is 23.3. The molecule has 1 aromatic carbocycles. The van der Waals surface area contributed by atoms with Crippen molar-refractivity contribution in [1.29, 1.82) is 0 Å². The molecule has 2 saturated heterocycles. The van der Waals surface area contributed by atoms with E-state index in [1.54, 1.807) is 12.1 Å². The van der Waals surface area contributed by atoms with Gasteiger partial charge in [-0.2, -0.15) is 0 Å². The number of hydrogen-bond donors (Lipinski definition) is 2. The van der Waals surface area contributed by atoms with Gasteiger partial charge in [-0.25, -0.2) is 9.59 Å². The highest BCUT2D eigenvalue weighted by atomic mass is 16.5. The number of phenols is 1. The lowest BCUT2D eigenvalue weighted by Crippen LogP contribution is -2.52. The largest absolute Gasteiger partial charge is 0.508 e. The van der Waals surface area contributed by atoms with Crippen LogP contribution in [0.15, 0.2) is 64.7 Å². The van der Waals surface area contributed by atoms with Crippen LogP contribution in [0.1, 0.15) is 76.7 Å². The van der Waals surface area contributed by atoms with Crippen LogP contribution in [-0.2, 0) is 19.1 Å². The molecule has 0 radical (unpaired) electrons. The molecule has 3 fully saturated rings. The van der Waals surface area contributed by atoms with Crippen molar-refractivity contribution in [2.75, 3.05) is 13.1 Å². The summed E-state index contributed by atoms with van der Waals surface area (Å²) in [7, 11) is 0. The van der Waals surface area contributed by atoms with Gasteiger partial charge in [0.05, 0.1) is 11.0 Å². The van der Waals surface area contributed by atoms with E-state index in [9.17, 15) is 14.7 Å². The van der Waals surface area contributed by atoms with E-state index in [1.165, 1.54) is 12.8 Å². The quantitative estimate of drug-likeness (QED) is 0.409. The lowest BCUT2D eigenvalue weighted by Gasteiger charge is -2.56. The van der Waals surface area contributed by atoms with Crippen LogP contribution in [0.25, 0.3) is 5.57 Å². The van der Waals surface area contributed by atoms with Gasteiger partial charge in [0.2, 0.25) is 0 Å². The summed E-state index contributed by atoms with van der Waals surface area (Å²) in [5.74, 6) is 2.11. The summed E-state index contributed by atoms with van der Waals surface area (Å²) < 4.78 is 12.1. The molecule has 8 rings (SSSR count). The fraction of sp³-hybridized carbons (Fsp3) is 0.529. The molecular weight excluding hydrogens is 502 g/mol. The summed E-state index contributed by atoms with van der Waals surface area (Å²) >= 11 is 0. The molecule has 2 N–H and O–H groups in total. The Morgan fingerprint density at radius 2 is 1.88 bits per heavy atom. The third kappa shape index (κ3) is 3.86. The summed E-state index contributed by atoms with van der Waals surface area (Å²) in [5.41, 5.74) is 3.82. The van der Waals surface area contributed by atoms with Crippen LogP contribution in [-0.4, -0.2) is 30.1 Å². The number of piperidine rings is 1. The highest BCUT2D eigenvalue weighted by Crippen LogP contribution is 2.71. The molecule has 4 aliphatic carbocycles. The molecule has 3 heterocycles. The zero-order valence-electron chi connectivity index (χ0n) is 23.3. The maximum absolute atomic E-state index is 13.7. The average molecular weight is 542 g/mol. The molecule has 210 valence electrons. The molecule has 2 bridgehead atoms. The first kappa shape index (κ1) is 25.8. The van der Waals surface area contributed by atoms with Gasteiger partial charge < -0.3 is 19.9 Å². The first-order chi connectivity index (χ1) is 19.5. The van der Waals surface area contributed by atoms with Gasteiger partial charge in [-0.1, -0.05) is 25.5 Å². The fourth-order valence-corrected chi connectivity index (χ4v) is 8.85. The van der Waals surface area contributed by atoms with Gasteiger partial charge in [0.1, 0.15) is 17.3 Å². The van der Waals surface area contributed by atoms with Gasteiger partial charge in [0.25, 0.3) is 0 Å². The van der Waals surface area contributed by atoms with Crippen molar-refractivity contribution in [2.45, 2.75) is 71.1 Å². The highest BCUT2D eigenvalue weighted by Gasteiger charge is 2.68. The van der Waals surface area contributed by atoms with Crippen molar-refractivity contribution >= 4 is 17.5 Å². The molecule has 1 saturated carbocycles. The molecule has 0 aromatic heterocycles. The first-order valence-corrected chi connectivity index (χ1v) is 15.4. The molecule has 40 heavy (non-hydrogen) atoms. The Balaban J connectivity index is 1.33. The van der Waals surface area contributed by atoms with Crippen LogP contribution in [0.5, 0.6) is 5.75 Å². The minimum atomic E-state index is -0.656.